The van der Waals surface area contributed by atoms with E-state index in [0.717, 1.165) is 0 Å². The normalized spacial score (nSPS) is 10.8. The molecule has 0 radical (unpaired) electrons. The van der Waals surface area contributed by atoms with E-state index in [1.807, 2.05) is 0 Å². The van der Waals surface area contributed by atoms with Crippen LogP contribution >= 0.6 is 15.9 Å². The number of esters is 1. The molecule has 0 saturated carbocycles. The van der Waals surface area contributed by atoms with Gasteiger partial charge in [0, 0.05) is 6.07 Å². The van der Waals surface area contributed by atoms with Gasteiger partial charge in [0.05, 0.1) is 22.1 Å². The number of hydrogen-bond donors (Lipinski definition) is 1. The van der Waals surface area contributed by atoms with Crippen molar-refractivity contribution >= 4 is 38.9 Å². The van der Waals surface area contributed by atoms with Crippen LogP contribution in [-0.2, 0) is 16.1 Å². The van der Waals surface area contributed by atoms with E-state index >= 15 is 0 Å². The number of nitrogens with zero attached hydrogens (tertiary/aromatic N) is 2. The van der Waals surface area contributed by atoms with Crippen molar-refractivity contribution in [1.29, 1.82) is 0 Å². The zero-order valence-corrected chi connectivity index (χ0v) is 11.2. The molecule has 0 unspecified atom stereocenters. The van der Waals surface area contributed by atoms with Crippen LogP contribution in [0, 0.1) is 5.82 Å². The number of rotatable bonds is 3. The second-order valence-electron chi connectivity index (χ2n) is 3.62. The number of imidazole rings is 1. The summed E-state index contributed by atoms with van der Waals surface area (Å²) in [6.45, 7) is 1.97. The van der Waals surface area contributed by atoms with Crippen LogP contribution in [-0.4, -0.2) is 22.1 Å². The Morgan fingerprint density at radius 1 is 1.61 bits per heavy atom. The molecule has 0 amide bonds. The first-order valence-corrected chi connectivity index (χ1v) is 6.08. The first kappa shape index (κ1) is 12.8. The SMILES string of the molecule is CCOC(=O)Cn1c(N)nc2cc(F)c(Br)cc21. The van der Waals surface area contributed by atoms with Gasteiger partial charge in [-0.05, 0) is 28.9 Å². The number of hydrogen-bond acceptors (Lipinski definition) is 4. The average Bonchev–Trinajstić information content (AvgIpc) is 2.57. The van der Waals surface area contributed by atoms with Gasteiger partial charge in [0.2, 0.25) is 5.95 Å². The number of nitrogen functional groups attached to an aromatic ring is 1. The number of anilines is 1. The number of aromatic nitrogens is 2. The van der Waals surface area contributed by atoms with Gasteiger partial charge in [-0.1, -0.05) is 0 Å². The van der Waals surface area contributed by atoms with Crippen LogP contribution in [0.25, 0.3) is 11.0 Å². The van der Waals surface area contributed by atoms with E-state index in [0.29, 0.717) is 22.1 Å². The number of benzene rings is 1. The summed E-state index contributed by atoms with van der Waals surface area (Å²) in [6, 6.07) is 2.80. The lowest BCUT2D eigenvalue weighted by molar-refractivity contribution is -0.143. The third-order valence-corrected chi connectivity index (χ3v) is 3.02. The zero-order valence-electron chi connectivity index (χ0n) is 9.61. The second kappa shape index (κ2) is 4.93. The number of carbonyl (C=O) groups excluding carboxylic acids is 1. The van der Waals surface area contributed by atoms with E-state index in [1.54, 1.807) is 6.92 Å². The minimum absolute atomic E-state index is 0.0474. The Kier molecular flexibility index (Phi) is 3.51. The summed E-state index contributed by atoms with van der Waals surface area (Å²) in [6.07, 6.45) is 0. The van der Waals surface area contributed by atoms with Crippen molar-refractivity contribution in [3.8, 4) is 0 Å². The molecule has 2 aromatic rings. The predicted molar refractivity (Wildman–Crippen MR) is 68.4 cm³/mol. The molecule has 1 aromatic heterocycles. The molecule has 0 aliphatic heterocycles. The van der Waals surface area contributed by atoms with E-state index in [1.165, 1.54) is 16.7 Å². The summed E-state index contributed by atoms with van der Waals surface area (Å²) in [5, 5.41) is 0. The van der Waals surface area contributed by atoms with E-state index in [-0.39, 0.29) is 12.5 Å². The van der Waals surface area contributed by atoms with Crippen molar-refractivity contribution in [2.75, 3.05) is 12.3 Å². The Morgan fingerprint density at radius 2 is 2.33 bits per heavy atom. The molecule has 0 atom stereocenters. The average molecular weight is 316 g/mol. The third kappa shape index (κ3) is 2.31. The van der Waals surface area contributed by atoms with Crippen LogP contribution in [0.3, 0.4) is 0 Å². The molecule has 5 nitrogen and oxygen atoms in total. The molecule has 96 valence electrons. The Hall–Kier alpha value is -1.63. The van der Waals surface area contributed by atoms with Crippen LogP contribution in [0.5, 0.6) is 0 Å². The predicted octanol–water partition coefficient (Wildman–Crippen LogP) is 2.08. The molecule has 18 heavy (non-hydrogen) atoms. The summed E-state index contributed by atoms with van der Waals surface area (Å²) in [5.74, 6) is -0.692. The highest BCUT2D eigenvalue weighted by Crippen LogP contribution is 2.25. The maximum absolute atomic E-state index is 13.3. The molecule has 1 aromatic carbocycles. The molecular formula is C11H11BrFN3O2. The van der Waals surface area contributed by atoms with Gasteiger partial charge in [0.1, 0.15) is 12.4 Å². The van der Waals surface area contributed by atoms with E-state index < -0.39 is 11.8 Å². The van der Waals surface area contributed by atoms with Crippen molar-refractivity contribution in [2.45, 2.75) is 13.5 Å². The molecule has 0 saturated heterocycles. The molecule has 7 heteroatoms. The lowest BCUT2D eigenvalue weighted by Crippen LogP contribution is -2.15. The first-order chi connectivity index (χ1) is 8.52. The standard InChI is InChI=1S/C11H11BrFN3O2/c1-2-18-10(17)5-16-9-3-6(12)7(13)4-8(9)15-11(16)14/h3-4H,2,5H2,1H3,(H2,14,15). The van der Waals surface area contributed by atoms with Gasteiger partial charge < -0.3 is 10.5 Å². The number of halogens is 2. The van der Waals surface area contributed by atoms with Crippen molar-refractivity contribution in [3.63, 3.8) is 0 Å². The number of fused-ring (bicyclic) bond motifs is 1. The maximum atomic E-state index is 13.3. The lowest BCUT2D eigenvalue weighted by atomic mass is 10.3. The van der Waals surface area contributed by atoms with Gasteiger partial charge in [0.25, 0.3) is 0 Å². The van der Waals surface area contributed by atoms with Crippen molar-refractivity contribution < 1.29 is 13.9 Å². The van der Waals surface area contributed by atoms with Crippen LogP contribution in [0.15, 0.2) is 16.6 Å². The lowest BCUT2D eigenvalue weighted by Gasteiger charge is -2.06. The summed E-state index contributed by atoms with van der Waals surface area (Å²) >= 11 is 3.08. The van der Waals surface area contributed by atoms with Crippen LogP contribution in [0.4, 0.5) is 10.3 Å². The Bertz CT molecular complexity index is 612. The minimum Gasteiger partial charge on any atom is -0.465 e. The molecule has 0 spiro atoms. The van der Waals surface area contributed by atoms with Gasteiger partial charge in [-0.15, -0.1) is 0 Å². The molecule has 0 bridgehead atoms. The molecular weight excluding hydrogens is 305 g/mol. The van der Waals surface area contributed by atoms with E-state index in [4.69, 9.17) is 10.5 Å². The summed E-state index contributed by atoms with van der Waals surface area (Å²) in [5.41, 5.74) is 6.68. The molecule has 0 aliphatic rings. The highest BCUT2D eigenvalue weighted by atomic mass is 79.9. The fraction of sp³-hybridized carbons (Fsp3) is 0.273. The Morgan fingerprint density at radius 3 is 3.00 bits per heavy atom. The fourth-order valence-corrected chi connectivity index (χ4v) is 1.97. The first-order valence-electron chi connectivity index (χ1n) is 5.29. The molecule has 0 fully saturated rings. The highest BCUT2D eigenvalue weighted by molar-refractivity contribution is 9.10. The number of nitrogens with two attached hydrogens (primary N) is 1. The largest absolute Gasteiger partial charge is 0.465 e. The zero-order chi connectivity index (χ0) is 13.3. The molecule has 1 heterocycles. The summed E-state index contributed by atoms with van der Waals surface area (Å²) in [7, 11) is 0. The van der Waals surface area contributed by atoms with Crippen molar-refractivity contribution in [3.05, 3.63) is 22.4 Å². The Labute approximate surface area is 111 Å². The van der Waals surface area contributed by atoms with E-state index in [2.05, 4.69) is 20.9 Å². The number of ether oxygens (including phenoxy) is 1. The van der Waals surface area contributed by atoms with Crippen LogP contribution < -0.4 is 5.73 Å². The highest BCUT2D eigenvalue weighted by Gasteiger charge is 2.14. The summed E-state index contributed by atoms with van der Waals surface area (Å²) in [4.78, 5) is 15.4. The van der Waals surface area contributed by atoms with Crippen molar-refractivity contribution in [1.82, 2.24) is 9.55 Å². The number of carbonyl (C=O) groups is 1. The quantitative estimate of drug-likeness (QED) is 0.880. The van der Waals surface area contributed by atoms with Gasteiger partial charge in [-0.3, -0.25) is 9.36 Å². The monoisotopic (exact) mass is 315 g/mol. The topological polar surface area (TPSA) is 70.1 Å². The molecule has 2 N–H and O–H groups in total. The molecule has 2 rings (SSSR count). The van der Waals surface area contributed by atoms with Gasteiger partial charge in [-0.25, -0.2) is 9.37 Å². The Balaban J connectivity index is 2.46. The van der Waals surface area contributed by atoms with Gasteiger partial charge in [0.15, 0.2) is 0 Å². The van der Waals surface area contributed by atoms with Crippen LogP contribution in [0.1, 0.15) is 6.92 Å². The summed E-state index contributed by atoms with van der Waals surface area (Å²) < 4.78 is 20.0. The third-order valence-electron chi connectivity index (χ3n) is 2.41. The van der Waals surface area contributed by atoms with Crippen LogP contribution in [0.2, 0.25) is 0 Å². The minimum atomic E-state index is -0.428. The van der Waals surface area contributed by atoms with Crippen molar-refractivity contribution in [2.24, 2.45) is 0 Å². The smallest absolute Gasteiger partial charge is 0.326 e. The van der Waals surface area contributed by atoms with Gasteiger partial charge in [-0.2, -0.15) is 0 Å². The van der Waals surface area contributed by atoms with Gasteiger partial charge >= 0.3 is 5.97 Å². The maximum Gasteiger partial charge on any atom is 0.326 e. The fourth-order valence-electron chi connectivity index (χ4n) is 1.64. The van der Waals surface area contributed by atoms with E-state index in [9.17, 15) is 9.18 Å². The molecule has 0 aliphatic carbocycles. The second-order valence-corrected chi connectivity index (χ2v) is 4.47.